The van der Waals surface area contributed by atoms with Gasteiger partial charge in [-0.3, -0.25) is 0 Å². The van der Waals surface area contributed by atoms with Crippen molar-refractivity contribution < 1.29 is 26.3 Å². The molecular weight excluding hydrogens is 332 g/mol. The van der Waals surface area contributed by atoms with Gasteiger partial charge in [0.2, 0.25) is 0 Å². The molecule has 0 unspecified atom stereocenters. The molecule has 0 aliphatic carbocycles. The monoisotopic (exact) mass is 349 g/mol. The van der Waals surface area contributed by atoms with Crippen molar-refractivity contribution in [1.82, 2.24) is 0 Å². The molecule has 4 nitrogen and oxygen atoms in total. The Hall–Kier alpha value is -2.29. The summed E-state index contributed by atoms with van der Waals surface area (Å²) in [5, 5.41) is 0. The van der Waals surface area contributed by atoms with Gasteiger partial charge >= 0.3 is 131 Å². The van der Waals surface area contributed by atoms with Gasteiger partial charge in [-0.15, -0.1) is 0 Å². The third kappa shape index (κ3) is 1.86. The minimum absolute atomic E-state index is 0.571. The van der Waals surface area contributed by atoms with Crippen LogP contribution in [0.2, 0.25) is 0 Å². The third-order valence-corrected chi connectivity index (χ3v) is 11.4. The summed E-state index contributed by atoms with van der Waals surface area (Å²) < 4.78 is 49.4. The van der Waals surface area contributed by atoms with E-state index in [9.17, 15) is 15.9 Å². The molecule has 3 aromatic carbocycles. The van der Waals surface area contributed by atoms with Crippen LogP contribution in [0, 0.1) is 0 Å². The van der Waals surface area contributed by atoms with Gasteiger partial charge in [-0.25, -0.2) is 0 Å². The molecule has 5 heteroatoms. The van der Waals surface area contributed by atoms with E-state index in [1.807, 2.05) is 0 Å². The molecule has 0 bridgehead atoms. The quantitative estimate of drug-likeness (QED) is 0.746. The van der Waals surface area contributed by atoms with E-state index in [0.717, 1.165) is 0 Å². The Bertz CT molecular complexity index is 953. The second kappa shape index (κ2) is 3.78. The second-order valence-electron chi connectivity index (χ2n) is 5.74. The van der Waals surface area contributed by atoms with Crippen LogP contribution >= 0.6 is 0 Å². The Labute approximate surface area is 130 Å². The first-order valence-corrected chi connectivity index (χ1v) is 11.1. The van der Waals surface area contributed by atoms with Crippen molar-refractivity contribution in [2.45, 2.75) is 0 Å². The number of benzene rings is 3. The van der Waals surface area contributed by atoms with Gasteiger partial charge < -0.3 is 0 Å². The van der Waals surface area contributed by atoms with Crippen LogP contribution in [0.15, 0.2) is 91.0 Å². The van der Waals surface area contributed by atoms with Gasteiger partial charge in [-0.1, -0.05) is 0 Å². The summed E-state index contributed by atoms with van der Waals surface area (Å²) in [6.45, 7) is 0. The molecular formula is C18H17CrO4. The van der Waals surface area contributed by atoms with Gasteiger partial charge in [0.1, 0.15) is 0 Å². The minimum atomic E-state index is -8.68. The molecule has 0 atom stereocenters. The maximum atomic E-state index is 14.2. The second-order valence-corrected chi connectivity index (χ2v) is 13.6. The van der Waals surface area contributed by atoms with Crippen LogP contribution in [0.1, 0.15) is 0 Å². The SMILES string of the molecule is [O]=[Cr](=[O])([OH])([OH])([c]1ccccc1)([c]1ccccc1)[c]1ccccc1. The molecule has 0 saturated carbocycles. The van der Waals surface area contributed by atoms with Crippen LogP contribution in [-0.2, 0) is 18.0 Å². The van der Waals surface area contributed by atoms with Crippen LogP contribution in [0.25, 0.3) is 0 Å². The van der Waals surface area contributed by atoms with Gasteiger partial charge in [0.15, 0.2) is 0 Å². The van der Waals surface area contributed by atoms with Gasteiger partial charge in [0.25, 0.3) is 0 Å². The summed E-state index contributed by atoms with van der Waals surface area (Å²) >= 11 is 0. The van der Waals surface area contributed by atoms with E-state index in [2.05, 4.69) is 0 Å². The van der Waals surface area contributed by atoms with E-state index in [1.165, 1.54) is 72.8 Å². The molecule has 3 rings (SSSR count). The summed E-state index contributed by atoms with van der Waals surface area (Å²) in [6, 6.07) is 20.6. The Morgan fingerprint density at radius 2 is 0.696 bits per heavy atom. The number of rotatable bonds is 3. The van der Waals surface area contributed by atoms with E-state index in [4.69, 9.17) is 0 Å². The van der Waals surface area contributed by atoms with Crippen molar-refractivity contribution >= 4 is 13.3 Å². The first kappa shape index (κ1) is 15.6. The van der Waals surface area contributed by atoms with E-state index in [1.54, 1.807) is 18.2 Å². The Balaban J connectivity index is 2.69. The normalized spacial score (nSPS) is 16.5. The summed E-state index contributed by atoms with van der Waals surface area (Å²) in [7, 11) is -8.68. The molecule has 0 aliphatic heterocycles. The molecule has 0 aliphatic rings. The predicted molar refractivity (Wildman–Crippen MR) is 84.0 cm³/mol. The van der Waals surface area contributed by atoms with Crippen molar-refractivity contribution in [2.75, 3.05) is 0 Å². The summed E-state index contributed by atoms with van der Waals surface area (Å²) in [4.78, 5) is 0. The zero-order valence-electron chi connectivity index (χ0n) is 12.3. The fourth-order valence-corrected chi connectivity index (χ4v) is 8.24. The van der Waals surface area contributed by atoms with Gasteiger partial charge in [-0.2, -0.15) is 0 Å². The first-order chi connectivity index (χ1) is 10.6. The van der Waals surface area contributed by atoms with Crippen LogP contribution in [0.3, 0.4) is 0 Å². The maximum absolute atomic E-state index is 14.2. The van der Waals surface area contributed by atoms with E-state index < -0.39 is 23.7 Å². The number of hydrogen-bond donors (Lipinski definition) is 2. The first-order valence-electron chi connectivity index (χ1n) is 7.04. The summed E-state index contributed by atoms with van der Waals surface area (Å²) in [6.07, 6.45) is 0. The van der Waals surface area contributed by atoms with E-state index >= 15 is 0 Å². The molecule has 0 fully saturated rings. The van der Waals surface area contributed by atoms with Gasteiger partial charge in [0.05, 0.1) is 0 Å². The number of hydrogen-bond acceptors (Lipinski definition) is 2. The molecule has 0 radical (unpaired) electrons. The molecule has 0 aromatic heterocycles. The van der Waals surface area contributed by atoms with Crippen LogP contribution < -0.4 is 13.3 Å². The molecule has 0 heterocycles. The molecule has 3 aromatic rings. The molecule has 119 valence electrons. The van der Waals surface area contributed by atoms with E-state index in [-0.39, 0.29) is 0 Å². The summed E-state index contributed by atoms with van der Waals surface area (Å²) in [5.74, 6) is 0. The van der Waals surface area contributed by atoms with Crippen molar-refractivity contribution in [3.05, 3.63) is 91.0 Å². The van der Waals surface area contributed by atoms with Gasteiger partial charge in [-0.05, 0) is 0 Å². The van der Waals surface area contributed by atoms with Crippen molar-refractivity contribution in [3.63, 3.8) is 0 Å². The molecule has 0 saturated heterocycles. The fourth-order valence-electron chi connectivity index (χ4n) is 2.78. The average molecular weight is 349 g/mol. The average Bonchev–Trinajstić information content (AvgIpc) is 2.57. The Morgan fingerprint density at radius 1 is 0.478 bits per heavy atom. The fraction of sp³-hybridized carbons (Fsp3) is 0. The topological polar surface area (TPSA) is 74.6 Å². The standard InChI is InChI=1S/3C6H5.Cr.2H2O.2O/c3*1-2-4-6-5-3-1;;;;;/h3*1-5H;;2*1H2;;/q;;;+2;;;;/p-2. The zero-order chi connectivity index (χ0) is 16.7. The van der Waals surface area contributed by atoms with Crippen LogP contribution in [-0.4, -0.2) is 8.32 Å². The van der Waals surface area contributed by atoms with Crippen molar-refractivity contribution in [2.24, 2.45) is 0 Å². The molecule has 0 amide bonds. The summed E-state index contributed by atoms with van der Waals surface area (Å²) in [5.41, 5.74) is 0. The van der Waals surface area contributed by atoms with Crippen LogP contribution in [0.5, 0.6) is 0 Å². The van der Waals surface area contributed by atoms with Gasteiger partial charge in [0, 0.05) is 0 Å². The third-order valence-electron chi connectivity index (χ3n) is 4.15. The predicted octanol–water partition coefficient (Wildman–Crippen LogP) is 1.23. The molecule has 0 spiro atoms. The van der Waals surface area contributed by atoms with E-state index in [0.29, 0.717) is 0 Å². The zero-order valence-corrected chi connectivity index (χ0v) is 13.6. The van der Waals surface area contributed by atoms with Crippen molar-refractivity contribution in [3.8, 4) is 0 Å². The van der Waals surface area contributed by atoms with Crippen LogP contribution in [0.4, 0.5) is 0 Å². The molecule has 23 heavy (non-hydrogen) atoms. The Morgan fingerprint density at radius 3 is 0.913 bits per heavy atom. The van der Waals surface area contributed by atoms with Crippen molar-refractivity contribution in [1.29, 1.82) is 0 Å². The Kier molecular flexibility index (Phi) is 2.57. The molecule has 2 N–H and O–H groups in total.